The van der Waals surface area contributed by atoms with Crippen LogP contribution in [0.5, 0.6) is 5.75 Å². The summed E-state index contributed by atoms with van der Waals surface area (Å²) < 4.78 is 0. The van der Waals surface area contributed by atoms with Crippen LogP contribution >= 0.6 is 0 Å². The Morgan fingerprint density at radius 1 is 1.00 bits per heavy atom. The van der Waals surface area contributed by atoms with Crippen LogP contribution in [-0.2, 0) is 32.6 Å². The van der Waals surface area contributed by atoms with Crippen LogP contribution in [0, 0.1) is 28.6 Å². The summed E-state index contributed by atoms with van der Waals surface area (Å²) in [6.07, 6.45) is 2.35. The van der Waals surface area contributed by atoms with Crippen LogP contribution in [-0.4, -0.2) is 49.2 Å². The van der Waals surface area contributed by atoms with E-state index in [0.717, 1.165) is 36.5 Å². The second kappa shape index (κ2) is 11.2. The first kappa shape index (κ1) is 34.8. The molecule has 1 unspecified atom stereocenters. The molecule has 0 heterocycles. The molecule has 2 aromatic rings. The molecule has 4 aliphatic rings. The number of allylic oxidation sites excluding steroid dienone is 2. The van der Waals surface area contributed by atoms with Gasteiger partial charge in [-0.15, -0.1) is 0 Å². The monoisotopic (exact) mass is 668 g/mol. The molecule has 0 amide bonds. The molecule has 0 bridgehead atoms. The summed E-state index contributed by atoms with van der Waals surface area (Å²) in [7, 11) is 0. The number of ketones is 4. The SMILES string of the molecule is CC(=O)C1=C(O)C(C(C)C)[C@@]2(C)C[C@@]3(C)Cc4c(-c5ccc(C(C)(C)C)cc5)cc(CCC(=O)C5CC5)c(O)c4C(=O)C3=C(O)[C@@]2(O)C1=O. The fourth-order valence-electron chi connectivity index (χ4n) is 9.32. The number of phenolic OH excluding ortho intramolecular Hbond substituents is 1. The average molecular weight is 669 g/mol. The molecule has 1 saturated carbocycles. The first-order chi connectivity index (χ1) is 22.7. The Kier molecular flexibility index (Phi) is 7.98. The summed E-state index contributed by atoms with van der Waals surface area (Å²) in [6, 6.07) is 9.92. The van der Waals surface area contributed by atoms with Gasteiger partial charge in [-0.05, 0) is 84.2 Å². The van der Waals surface area contributed by atoms with Gasteiger partial charge in [0.25, 0.3) is 0 Å². The van der Waals surface area contributed by atoms with Gasteiger partial charge in [-0.1, -0.05) is 72.7 Å². The molecule has 49 heavy (non-hydrogen) atoms. The topological polar surface area (TPSA) is 149 Å². The van der Waals surface area contributed by atoms with E-state index < -0.39 is 56.8 Å². The summed E-state index contributed by atoms with van der Waals surface area (Å²) in [4.78, 5) is 54.2. The summed E-state index contributed by atoms with van der Waals surface area (Å²) in [5, 5.41) is 47.7. The van der Waals surface area contributed by atoms with Gasteiger partial charge in [-0.3, -0.25) is 19.2 Å². The molecule has 6 rings (SSSR count). The zero-order valence-electron chi connectivity index (χ0n) is 29.8. The molecule has 260 valence electrons. The Hall–Kier alpha value is -4.04. The number of fused-ring (bicyclic) bond motifs is 3. The molecule has 1 fully saturated rings. The quantitative estimate of drug-likeness (QED) is 0.226. The van der Waals surface area contributed by atoms with Gasteiger partial charge in [0, 0.05) is 34.7 Å². The predicted octanol–water partition coefficient (Wildman–Crippen LogP) is 7.22. The summed E-state index contributed by atoms with van der Waals surface area (Å²) in [5.41, 5.74) is -2.51. The molecule has 8 nitrogen and oxygen atoms in total. The van der Waals surface area contributed by atoms with E-state index in [1.807, 2.05) is 44.2 Å². The molecule has 2 aromatic carbocycles. The minimum atomic E-state index is -2.67. The van der Waals surface area contributed by atoms with E-state index in [4.69, 9.17) is 0 Å². The molecular formula is C41H48O8. The molecule has 0 radical (unpaired) electrons. The summed E-state index contributed by atoms with van der Waals surface area (Å²) in [5.74, 6) is -5.22. The summed E-state index contributed by atoms with van der Waals surface area (Å²) in [6.45, 7) is 14.5. The zero-order chi connectivity index (χ0) is 36.2. The van der Waals surface area contributed by atoms with Crippen molar-refractivity contribution in [2.75, 3.05) is 0 Å². The number of aliphatic hydroxyl groups is 3. The Morgan fingerprint density at radius 2 is 1.61 bits per heavy atom. The zero-order valence-corrected chi connectivity index (χ0v) is 29.8. The molecule has 0 aromatic heterocycles. The predicted molar refractivity (Wildman–Crippen MR) is 185 cm³/mol. The Balaban J connectivity index is 1.59. The number of carbonyl (C=O) groups is 4. The third-order valence-electron chi connectivity index (χ3n) is 11.8. The number of carbonyl (C=O) groups excluding carboxylic acids is 4. The smallest absolute Gasteiger partial charge is 0.209 e. The van der Waals surface area contributed by atoms with E-state index in [2.05, 4.69) is 20.8 Å². The molecule has 4 aliphatic carbocycles. The summed E-state index contributed by atoms with van der Waals surface area (Å²) >= 11 is 0. The number of Topliss-reactive ketones (excluding diaryl/α,β-unsaturated/α-hetero) is 4. The fraction of sp³-hybridized carbons (Fsp3) is 0.512. The third kappa shape index (κ3) is 5.04. The van der Waals surface area contributed by atoms with Crippen molar-refractivity contribution < 1.29 is 39.6 Å². The highest BCUT2D eigenvalue weighted by Gasteiger charge is 2.71. The van der Waals surface area contributed by atoms with Crippen molar-refractivity contribution in [2.24, 2.45) is 28.6 Å². The normalized spacial score (nSPS) is 28.4. The maximum atomic E-state index is 14.8. The van der Waals surface area contributed by atoms with Gasteiger partial charge in [-0.2, -0.15) is 0 Å². The maximum Gasteiger partial charge on any atom is 0.209 e. The van der Waals surface area contributed by atoms with Gasteiger partial charge in [0.1, 0.15) is 28.6 Å². The highest BCUT2D eigenvalue weighted by Crippen LogP contribution is 2.65. The van der Waals surface area contributed by atoms with Gasteiger partial charge in [0.05, 0.1) is 5.56 Å². The van der Waals surface area contributed by atoms with Crippen LogP contribution in [0.2, 0.25) is 0 Å². The number of aryl methyl sites for hydroxylation is 1. The van der Waals surface area contributed by atoms with E-state index in [-0.39, 0.29) is 65.6 Å². The van der Waals surface area contributed by atoms with Crippen LogP contribution in [0.1, 0.15) is 108 Å². The van der Waals surface area contributed by atoms with Crippen LogP contribution in [0.15, 0.2) is 53.0 Å². The fourth-order valence-corrected chi connectivity index (χ4v) is 9.32. The van der Waals surface area contributed by atoms with Crippen molar-refractivity contribution in [2.45, 2.75) is 105 Å². The second-order valence-corrected chi connectivity index (χ2v) is 16.8. The average Bonchev–Trinajstić information content (AvgIpc) is 3.84. The lowest BCUT2D eigenvalue weighted by Gasteiger charge is -2.59. The van der Waals surface area contributed by atoms with Crippen molar-refractivity contribution in [1.29, 1.82) is 0 Å². The van der Waals surface area contributed by atoms with E-state index in [1.165, 1.54) is 0 Å². The Morgan fingerprint density at radius 3 is 2.14 bits per heavy atom. The van der Waals surface area contributed by atoms with Crippen molar-refractivity contribution >= 4 is 23.1 Å². The van der Waals surface area contributed by atoms with E-state index >= 15 is 0 Å². The van der Waals surface area contributed by atoms with Crippen molar-refractivity contribution in [3.63, 3.8) is 0 Å². The molecule has 8 heteroatoms. The first-order valence-corrected chi connectivity index (χ1v) is 17.4. The van der Waals surface area contributed by atoms with Crippen molar-refractivity contribution in [3.8, 4) is 16.9 Å². The van der Waals surface area contributed by atoms with Gasteiger partial charge >= 0.3 is 0 Å². The molecule has 0 aliphatic heterocycles. The second-order valence-electron chi connectivity index (χ2n) is 16.8. The van der Waals surface area contributed by atoms with Crippen LogP contribution < -0.4 is 0 Å². The Labute approximate surface area is 287 Å². The van der Waals surface area contributed by atoms with E-state index in [9.17, 15) is 39.6 Å². The van der Waals surface area contributed by atoms with Crippen molar-refractivity contribution in [3.05, 3.63) is 75.3 Å². The van der Waals surface area contributed by atoms with Crippen LogP contribution in [0.4, 0.5) is 0 Å². The number of hydrogen-bond acceptors (Lipinski definition) is 8. The molecule has 0 spiro atoms. The van der Waals surface area contributed by atoms with Crippen molar-refractivity contribution in [1.82, 2.24) is 0 Å². The number of hydrogen-bond donors (Lipinski definition) is 4. The van der Waals surface area contributed by atoms with E-state index in [1.54, 1.807) is 13.8 Å². The van der Waals surface area contributed by atoms with Gasteiger partial charge < -0.3 is 20.4 Å². The highest BCUT2D eigenvalue weighted by atomic mass is 16.3. The largest absolute Gasteiger partial charge is 0.511 e. The minimum Gasteiger partial charge on any atom is -0.511 e. The number of rotatable bonds is 7. The Bertz CT molecular complexity index is 1880. The van der Waals surface area contributed by atoms with E-state index in [0.29, 0.717) is 11.1 Å². The molecule has 0 saturated heterocycles. The lowest BCUT2D eigenvalue weighted by molar-refractivity contribution is -0.171. The number of aliphatic hydroxyl groups excluding tert-OH is 2. The first-order valence-electron chi connectivity index (χ1n) is 17.4. The minimum absolute atomic E-state index is 0.0196. The lowest BCUT2D eigenvalue weighted by atomic mass is 9.44. The number of benzene rings is 2. The van der Waals surface area contributed by atoms with Gasteiger partial charge in [-0.25, -0.2) is 0 Å². The van der Waals surface area contributed by atoms with Gasteiger partial charge in [0.15, 0.2) is 17.2 Å². The number of phenols is 1. The standard InChI is InChI=1S/C41H48O8/c1-20(2)31-34(45)29(21(3)42)36(47)41(49)37(48)32-35(46)30-27(18-39(32,7)19-40(31,41)8)26(22-11-14-25(15-12-22)38(4,5)6)17-24(33(30)44)13-16-28(43)23-9-10-23/h11-12,14-15,17,20,23,31,44-45,48-49H,9-10,13,16,18-19H2,1-8H3/t31?,39-,40-,41+/m1/s1. The molecule has 4 N–H and O–H groups in total. The van der Waals surface area contributed by atoms with Crippen LogP contribution in [0.25, 0.3) is 11.1 Å². The highest BCUT2D eigenvalue weighted by molar-refractivity contribution is 6.25. The van der Waals surface area contributed by atoms with Crippen LogP contribution in [0.3, 0.4) is 0 Å². The van der Waals surface area contributed by atoms with Gasteiger partial charge in [0.2, 0.25) is 5.78 Å². The lowest BCUT2D eigenvalue weighted by Crippen LogP contribution is -2.67. The molecule has 4 atom stereocenters. The number of aromatic hydroxyl groups is 1. The third-order valence-corrected chi connectivity index (χ3v) is 11.8. The molecular weight excluding hydrogens is 620 g/mol. The maximum absolute atomic E-state index is 14.8.